The molecule has 1 heterocycles. The molecule has 6 heteroatoms. The van der Waals surface area contributed by atoms with Crippen LogP contribution < -0.4 is 21.3 Å². The Bertz CT molecular complexity index is 483. The van der Waals surface area contributed by atoms with Gasteiger partial charge in [-0.15, -0.1) is 0 Å². The first-order valence-electron chi connectivity index (χ1n) is 6.83. The van der Waals surface area contributed by atoms with E-state index >= 15 is 0 Å². The Balaban J connectivity index is 2.60. The standard InChI is InChI=1S/C14H23N3O3/c1-11(2)10-20-12-4-3-8-17(14(12)19)9-5-13(18)16-7-6-15/h3-4,8,11H,5-7,9-10,15H2,1-2H3,(H,16,18). The van der Waals surface area contributed by atoms with E-state index in [0.717, 1.165) is 0 Å². The predicted molar refractivity (Wildman–Crippen MR) is 77.7 cm³/mol. The molecule has 0 bridgehead atoms. The van der Waals surface area contributed by atoms with Gasteiger partial charge in [-0.1, -0.05) is 13.8 Å². The van der Waals surface area contributed by atoms with Crippen LogP contribution in [0.3, 0.4) is 0 Å². The van der Waals surface area contributed by atoms with Crippen LogP contribution in [0.25, 0.3) is 0 Å². The lowest BCUT2D eigenvalue weighted by Crippen LogP contribution is -2.31. The number of carbonyl (C=O) groups is 1. The van der Waals surface area contributed by atoms with Crippen molar-refractivity contribution >= 4 is 5.91 Å². The SMILES string of the molecule is CC(C)COc1cccn(CCC(=O)NCCN)c1=O. The maximum Gasteiger partial charge on any atom is 0.292 e. The molecule has 0 aliphatic rings. The third-order valence-electron chi connectivity index (χ3n) is 2.60. The topological polar surface area (TPSA) is 86.3 Å². The van der Waals surface area contributed by atoms with Crippen molar-refractivity contribution in [1.29, 1.82) is 0 Å². The summed E-state index contributed by atoms with van der Waals surface area (Å²) in [6.45, 7) is 5.71. The summed E-state index contributed by atoms with van der Waals surface area (Å²) in [5.41, 5.74) is 5.09. The molecule has 1 rings (SSSR count). The molecular weight excluding hydrogens is 258 g/mol. The number of amides is 1. The van der Waals surface area contributed by atoms with Gasteiger partial charge in [-0.05, 0) is 18.1 Å². The third kappa shape index (κ3) is 5.44. The van der Waals surface area contributed by atoms with Gasteiger partial charge in [0.2, 0.25) is 5.91 Å². The van der Waals surface area contributed by atoms with Gasteiger partial charge in [0.15, 0.2) is 5.75 Å². The van der Waals surface area contributed by atoms with Crippen molar-refractivity contribution in [3.05, 3.63) is 28.7 Å². The highest BCUT2D eigenvalue weighted by Gasteiger charge is 2.07. The molecule has 112 valence electrons. The quantitative estimate of drug-likeness (QED) is 0.720. The third-order valence-corrected chi connectivity index (χ3v) is 2.60. The van der Waals surface area contributed by atoms with Crippen LogP contribution in [0.4, 0.5) is 0 Å². The second-order valence-electron chi connectivity index (χ2n) is 4.96. The van der Waals surface area contributed by atoms with E-state index in [1.165, 1.54) is 4.57 Å². The molecule has 0 fully saturated rings. The predicted octanol–water partition coefficient (Wildman–Crippen LogP) is 0.348. The van der Waals surface area contributed by atoms with Gasteiger partial charge in [-0.25, -0.2) is 0 Å². The van der Waals surface area contributed by atoms with E-state index in [1.807, 2.05) is 13.8 Å². The highest BCUT2D eigenvalue weighted by molar-refractivity contribution is 5.75. The molecule has 1 amide bonds. The fourth-order valence-corrected chi connectivity index (χ4v) is 1.58. The second-order valence-corrected chi connectivity index (χ2v) is 4.96. The normalized spacial score (nSPS) is 10.6. The van der Waals surface area contributed by atoms with Crippen LogP contribution >= 0.6 is 0 Å². The molecule has 0 aromatic carbocycles. The van der Waals surface area contributed by atoms with E-state index in [2.05, 4.69) is 5.32 Å². The van der Waals surface area contributed by atoms with Crippen LogP contribution in [0.15, 0.2) is 23.1 Å². The van der Waals surface area contributed by atoms with Crippen molar-refractivity contribution < 1.29 is 9.53 Å². The molecule has 3 N–H and O–H groups in total. The number of hydrogen-bond acceptors (Lipinski definition) is 4. The molecule has 0 saturated heterocycles. The Morgan fingerprint density at radius 3 is 2.90 bits per heavy atom. The van der Waals surface area contributed by atoms with Gasteiger partial charge in [0, 0.05) is 32.3 Å². The van der Waals surface area contributed by atoms with E-state index in [1.54, 1.807) is 18.3 Å². The number of nitrogens with two attached hydrogens (primary N) is 1. The van der Waals surface area contributed by atoms with E-state index in [4.69, 9.17) is 10.5 Å². The summed E-state index contributed by atoms with van der Waals surface area (Å²) in [7, 11) is 0. The number of aromatic nitrogens is 1. The molecule has 0 spiro atoms. The van der Waals surface area contributed by atoms with E-state index in [-0.39, 0.29) is 17.9 Å². The largest absolute Gasteiger partial charge is 0.488 e. The Morgan fingerprint density at radius 2 is 2.25 bits per heavy atom. The molecule has 0 saturated carbocycles. The lowest BCUT2D eigenvalue weighted by molar-refractivity contribution is -0.121. The van der Waals surface area contributed by atoms with E-state index in [0.29, 0.717) is 37.9 Å². The molecular formula is C14H23N3O3. The lowest BCUT2D eigenvalue weighted by atomic mass is 10.2. The minimum absolute atomic E-state index is 0.115. The maximum atomic E-state index is 12.1. The van der Waals surface area contributed by atoms with Crippen LogP contribution in [-0.2, 0) is 11.3 Å². The maximum absolute atomic E-state index is 12.1. The number of nitrogens with one attached hydrogen (secondary N) is 1. The minimum Gasteiger partial charge on any atom is -0.488 e. The van der Waals surface area contributed by atoms with Gasteiger partial charge in [0.05, 0.1) is 6.61 Å². The first-order chi connectivity index (χ1) is 9.54. The van der Waals surface area contributed by atoms with Gasteiger partial charge in [0.25, 0.3) is 5.56 Å². The number of pyridine rings is 1. The number of aryl methyl sites for hydroxylation is 1. The smallest absolute Gasteiger partial charge is 0.292 e. The number of rotatable bonds is 8. The van der Waals surface area contributed by atoms with Crippen LogP contribution in [0.1, 0.15) is 20.3 Å². The van der Waals surface area contributed by atoms with Crippen LogP contribution in [-0.4, -0.2) is 30.2 Å². The molecule has 0 unspecified atom stereocenters. The Morgan fingerprint density at radius 1 is 1.50 bits per heavy atom. The number of nitrogens with zero attached hydrogens (tertiary/aromatic N) is 1. The zero-order chi connectivity index (χ0) is 15.0. The summed E-state index contributed by atoms with van der Waals surface area (Å²) >= 11 is 0. The van der Waals surface area contributed by atoms with E-state index < -0.39 is 0 Å². The molecule has 20 heavy (non-hydrogen) atoms. The Kier molecular flexibility index (Phi) is 6.79. The summed E-state index contributed by atoms with van der Waals surface area (Å²) in [4.78, 5) is 23.6. The zero-order valence-corrected chi connectivity index (χ0v) is 12.1. The first kappa shape index (κ1) is 16.2. The Labute approximate surface area is 118 Å². The lowest BCUT2D eigenvalue weighted by Gasteiger charge is -2.11. The molecule has 1 aromatic heterocycles. The van der Waals surface area contributed by atoms with Gasteiger partial charge in [0.1, 0.15) is 0 Å². The van der Waals surface area contributed by atoms with E-state index in [9.17, 15) is 9.59 Å². The van der Waals surface area contributed by atoms with Crippen molar-refractivity contribution in [1.82, 2.24) is 9.88 Å². The zero-order valence-electron chi connectivity index (χ0n) is 12.1. The minimum atomic E-state index is -0.209. The van der Waals surface area contributed by atoms with Crippen LogP contribution in [0.5, 0.6) is 5.75 Å². The highest BCUT2D eigenvalue weighted by atomic mass is 16.5. The Hall–Kier alpha value is -1.82. The molecule has 0 aliphatic heterocycles. The van der Waals surface area contributed by atoms with Crippen LogP contribution in [0, 0.1) is 5.92 Å². The summed E-state index contributed by atoms with van der Waals surface area (Å²) in [6, 6.07) is 3.39. The van der Waals surface area contributed by atoms with Crippen molar-refractivity contribution in [3.8, 4) is 5.75 Å². The first-order valence-corrected chi connectivity index (χ1v) is 6.83. The average Bonchev–Trinajstić information content (AvgIpc) is 2.42. The highest BCUT2D eigenvalue weighted by Crippen LogP contribution is 2.04. The number of carbonyl (C=O) groups excluding carboxylic acids is 1. The summed E-state index contributed by atoms with van der Waals surface area (Å²) in [6.07, 6.45) is 1.90. The molecule has 0 atom stereocenters. The van der Waals surface area contributed by atoms with Crippen molar-refractivity contribution in [2.45, 2.75) is 26.8 Å². The summed E-state index contributed by atoms with van der Waals surface area (Å²) in [5.74, 6) is 0.560. The number of hydrogen-bond donors (Lipinski definition) is 2. The monoisotopic (exact) mass is 281 g/mol. The van der Waals surface area contributed by atoms with Crippen molar-refractivity contribution in [2.75, 3.05) is 19.7 Å². The molecule has 1 aromatic rings. The van der Waals surface area contributed by atoms with Gasteiger partial charge in [-0.3, -0.25) is 9.59 Å². The fraction of sp³-hybridized carbons (Fsp3) is 0.571. The fourth-order valence-electron chi connectivity index (χ4n) is 1.58. The van der Waals surface area contributed by atoms with Crippen molar-refractivity contribution in [3.63, 3.8) is 0 Å². The molecule has 0 radical (unpaired) electrons. The molecule has 0 aliphatic carbocycles. The summed E-state index contributed by atoms with van der Waals surface area (Å²) in [5, 5.41) is 2.67. The summed E-state index contributed by atoms with van der Waals surface area (Å²) < 4.78 is 6.94. The van der Waals surface area contributed by atoms with Gasteiger partial charge >= 0.3 is 0 Å². The van der Waals surface area contributed by atoms with Crippen molar-refractivity contribution in [2.24, 2.45) is 11.7 Å². The molecule has 6 nitrogen and oxygen atoms in total. The van der Waals surface area contributed by atoms with Gasteiger partial charge in [-0.2, -0.15) is 0 Å². The second kappa shape index (κ2) is 8.37. The number of ether oxygens (including phenoxy) is 1. The van der Waals surface area contributed by atoms with Crippen LogP contribution in [0.2, 0.25) is 0 Å². The average molecular weight is 281 g/mol. The van der Waals surface area contributed by atoms with Gasteiger partial charge < -0.3 is 20.4 Å².